The predicted molar refractivity (Wildman–Crippen MR) is 95.9 cm³/mol. The molecule has 0 aliphatic heterocycles. The average molecular weight is 424 g/mol. The van der Waals surface area contributed by atoms with E-state index in [2.05, 4.69) is 19.7 Å². The van der Waals surface area contributed by atoms with E-state index in [0.717, 1.165) is 12.3 Å². The number of alkyl halides is 3. The van der Waals surface area contributed by atoms with Gasteiger partial charge < -0.3 is 4.57 Å². The van der Waals surface area contributed by atoms with Crippen LogP contribution in [0.25, 0.3) is 11.2 Å². The third kappa shape index (κ3) is 4.06. The fraction of sp³-hybridized carbons (Fsp3) is 0.294. The molecule has 3 rings (SSSR count). The van der Waals surface area contributed by atoms with Crippen LogP contribution in [0.5, 0.6) is 0 Å². The van der Waals surface area contributed by atoms with E-state index in [1.807, 2.05) is 0 Å². The Labute approximate surface area is 164 Å². The number of pyridine rings is 2. The molecular formula is C17H15F3N6O2S. The van der Waals surface area contributed by atoms with E-state index in [4.69, 9.17) is 5.26 Å². The first kappa shape index (κ1) is 20.7. The van der Waals surface area contributed by atoms with Crippen molar-refractivity contribution in [2.24, 2.45) is 0 Å². The molecule has 29 heavy (non-hydrogen) atoms. The molecule has 0 fully saturated rings. The molecule has 152 valence electrons. The molecule has 0 saturated heterocycles. The van der Waals surface area contributed by atoms with Crippen LogP contribution in [-0.2, 0) is 22.7 Å². The Balaban J connectivity index is 1.97. The van der Waals surface area contributed by atoms with Gasteiger partial charge in [0.2, 0.25) is 10.0 Å². The molecule has 0 saturated carbocycles. The normalized spacial score (nSPS) is 13.4. The third-order valence-electron chi connectivity index (χ3n) is 4.16. The maximum Gasteiger partial charge on any atom is 0.417 e. The molecule has 0 spiro atoms. The Hall–Kier alpha value is -3.04. The summed E-state index contributed by atoms with van der Waals surface area (Å²) in [6, 6.07) is 4.37. The van der Waals surface area contributed by atoms with E-state index in [1.54, 1.807) is 13.0 Å². The molecule has 0 radical (unpaired) electrons. The number of hydrogen-bond acceptors (Lipinski definition) is 6. The third-order valence-corrected chi connectivity index (χ3v) is 5.68. The van der Waals surface area contributed by atoms with Crippen LogP contribution < -0.4 is 4.72 Å². The first-order chi connectivity index (χ1) is 13.6. The smallest absolute Gasteiger partial charge is 0.326 e. The van der Waals surface area contributed by atoms with Gasteiger partial charge in [-0.25, -0.2) is 28.1 Å². The highest BCUT2D eigenvalue weighted by Crippen LogP contribution is 2.31. The summed E-state index contributed by atoms with van der Waals surface area (Å²) in [5, 5.41) is 8.76. The highest BCUT2D eigenvalue weighted by molar-refractivity contribution is 7.89. The number of imidazole rings is 1. The number of nitriles is 1. The van der Waals surface area contributed by atoms with Gasteiger partial charge in [-0.05, 0) is 32.0 Å². The van der Waals surface area contributed by atoms with Crippen LogP contribution in [-0.4, -0.2) is 27.9 Å². The molecular weight excluding hydrogens is 409 g/mol. The van der Waals surface area contributed by atoms with Crippen LogP contribution in [0.4, 0.5) is 13.2 Å². The van der Waals surface area contributed by atoms with Gasteiger partial charge in [-0.2, -0.15) is 18.4 Å². The lowest BCUT2D eigenvalue weighted by Crippen LogP contribution is -2.29. The minimum Gasteiger partial charge on any atom is -0.326 e. The maximum absolute atomic E-state index is 13.0. The van der Waals surface area contributed by atoms with Crippen molar-refractivity contribution in [3.05, 3.63) is 47.7 Å². The van der Waals surface area contributed by atoms with Crippen molar-refractivity contribution in [1.82, 2.24) is 24.2 Å². The number of aryl methyl sites for hydroxylation is 1. The van der Waals surface area contributed by atoms with E-state index in [0.29, 0.717) is 6.20 Å². The zero-order valence-electron chi connectivity index (χ0n) is 15.3. The zero-order chi connectivity index (χ0) is 21.4. The molecule has 3 heterocycles. The highest BCUT2D eigenvalue weighted by Gasteiger charge is 2.32. The first-order valence-electron chi connectivity index (χ1n) is 8.38. The van der Waals surface area contributed by atoms with Crippen molar-refractivity contribution in [1.29, 1.82) is 5.26 Å². The minimum atomic E-state index is -4.56. The van der Waals surface area contributed by atoms with Crippen LogP contribution in [0.15, 0.2) is 35.5 Å². The summed E-state index contributed by atoms with van der Waals surface area (Å²) in [6.45, 7) is 3.49. The summed E-state index contributed by atoms with van der Waals surface area (Å²) in [7, 11) is -4.00. The molecule has 0 aliphatic carbocycles. The molecule has 8 nitrogen and oxygen atoms in total. The first-order valence-corrected chi connectivity index (χ1v) is 9.87. The van der Waals surface area contributed by atoms with Crippen LogP contribution in [0.2, 0.25) is 0 Å². The Morgan fingerprint density at radius 2 is 2.00 bits per heavy atom. The molecule has 0 unspecified atom stereocenters. The predicted octanol–water partition coefficient (Wildman–Crippen LogP) is 2.78. The standard InChI is InChI=1S/C17H15F3N6O2S/c1-3-26-14-6-11(17(18,19)20)8-23-15(14)24-16(26)10(2)25-29(27,28)13-5-4-12(7-21)22-9-13/h4-6,8-10,25H,3H2,1-2H3/t10-/m1/s1. The van der Waals surface area contributed by atoms with Gasteiger partial charge in [-0.1, -0.05) is 0 Å². The van der Waals surface area contributed by atoms with Crippen molar-refractivity contribution >= 4 is 21.2 Å². The molecule has 0 aromatic carbocycles. The molecule has 12 heteroatoms. The molecule has 0 amide bonds. The highest BCUT2D eigenvalue weighted by atomic mass is 32.2. The quantitative estimate of drug-likeness (QED) is 0.674. The molecule has 3 aromatic heterocycles. The number of fused-ring (bicyclic) bond motifs is 1. The van der Waals surface area contributed by atoms with Gasteiger partial charge in [0.25, 0.3) is 0 Å². The Morgan fingerprint density at radius 3 is 2.55 bits per heavy atom. The number of sulfonamides is 1. The fourth-order valence-electron chi connectivity index (χ4n) is 2.80. The zero-order valence-corrected chi connectivity index (χ0v) is 16.1. The monoisotopic (exact) mass is 424 g/mol. The van der Waals surface area contributed by atoms with E-state index >= 15 is 0 Å². The van der Waals surface area contributed by atoms with Crippen LogP contribution >= 0.6 is 0 Å². The topological polar surface area (TPSA) is 114 Å². The Kier molecular flexibility index (Phi) is 5.29. The van der Waals surface area contributed by atoms with Gasteiger partial charge in [-0.3, -0.25) is 0 Å². The van der Waals surface area contributed by atoms with Gasteiger partial charge in [-0.15, -0.1) is 0 Å². The van der Waals surface area contributed by atoms with Crippen molar-refractivity contribution in [2.75, 3.05) is 0 Å². The Bertz CT molecular complexity index is 1200. The maximum atomic E-state index is 13.0. The van der Waals surface area contributed by atoms with Crippen molar-refractivity contribution < 1.29 is 21.6 Å². The lowest BCUT2D eigenvalue weighted by atomic mass is 10.2. The van der Waals surface area contributed by atoms with E-state index in [9.17, 15) is 21.6 Å². The second-order valence-electron chi connectivity index (χ2n) is 6.11. The van der Waals surface area contributed by atoms with Crippen molar-refractivity contribution in [3.8, 4) is 6.07 Å². The number of rotatable bonds is 5. The molecule has 3 aromatic rings. The van der Waals surface area contributed by atoms with Crippen molar-refractivity contribution in [3.63, 3.8) is 0 Å². The van der Waals surface area contributed by atoms with Gasteiger partial charge in [0.15, 0.2) is 5.65 Å². The summed E-state index contributed by atoms with van der Waals surface area (Å²) in [5.74, 6) is 0.222. The van der Waals surface area contributed by atoms with E-state index < -0.39 is 27.8 Å². The summed E-state index contributed by atoms with van der Waals surface area (Å²) in [4.78, 5) is 11.5. The molecule has 1 N–H and O–H groups in total. The van der Waals surface area contributed by atoms with E-state index in [1.165, 1.54) is 23.6 Å². The number of aromatic nitrogens is 4. The summed E-state index contributed by atoms with van der Waals surface area (Å²) in [5.41, 5.74) is -0.608. The number of nitrogens with one attached hydrogen (secondary N) is 1. The van der Waals surface area contributed by atoms with E-state index in [-0.39, 0.29) is 34.1 Å². The summed E-state index contributed by atoms with van der Waals surface area (Å²) in [6.07, 6.45) is -2.82. The second kappa shape index (κ2) is 7.41. The van der Waals surface area contributed by atoms with Crippen LogP contribution in [0.1, 0.15) is 37.0 Å². The summed E-state index contributed by atoms with van der Waals surface area (Å²) < 4.78 is 68.0. The fourth-order valence-corrected chi connectivity index (χ4v) is 3.95. The molecule has 1 atom stereocenters. The lowest BCUT2D eigenvalue weighted by Gasteiger charge is -2.15. The van der Waals surface area contributed by atoms with Crippen LogP contribution in [0.3, 0.4) is 0 Å². The largest absolute Gasteiger partial charge is 0.417 e. The van der Waals surface area contributed by atoms with Crippen molar-refractivity contribution in [2.45, 2.75) is 37.5 Å². The van der Waals surface area contributed by atoms with Gasteiger partial charge >= 0.3 is 6.18 Å². The SMILES string of the molecule is CCn1c([C@@H](C)NS(=O)(=O)c2ccc(C#N)nc2)nc2ncc(C(F)(F)F)cc21. The Morgan fingerprint density at radius 1 is 1.28 bits per heavy atom. The number of hydrogen-bond donors (Lipinski definition) is 1. The van der Waals surface area contributed by atoms with Crippen LogP contribution in [0, 0.1) is 11.3 Å². The number of nitrogens with zero attached hydrogens (tertiary/aromatic N) is 5. The molecule has 0 bridgehead atoms. The molecule has 0 aliphatic rings. The van der Waals surface area contributed by atoms with Gasteiger partial charge in [0.05, 0.1) is 17.1 Å². The second-order valence-corrected chi connectivity index (χ2v) is 7.83. The van der Waals surface area contributed by atoms with Gasteiger partial charge in [0.1, 0.15) is 22.5 Å². The summed E-state index contributed by atoms with van der Waals surface area (Å²) >= 11 is 0. The number of halogens is 3. The lowest BCUT2D eigenvalue weighted by molar-refractivity contribution is -0.137. The minimum absolute atomic E-state index is 0.0660. The van der Waals surface area contributed by atoms with Gasteiger partial charge in [0, 0.05) is 18.9 Å². The average Bonchev–Trinajstić information content (AvgIpc) is 3.05.